The number of aliphatic hydroxyl groups is 2. The number of nitrogens with one attached hydrogen (secondary N) is 3. The first-order chi connectivity index (χ1) is 17.5. The number of ketones is 1. The molecule has 0 bridgehead atoms. The van der Waals surface area contributed by atoms with Crippen LogP contribution in [0.25, 0.3) is 0 Å². The van der Waals surface area contributed by atoms with Gasteiger partial charge in [0.05, 0.1) is 6.10 Å². The third-order valence-corrected chi connectivity index (χ3v) is 6.14. The molecule has 0 fully saturated rings. The summed E-state index contributed by atoms with van der Waals surface area (Å²) in [6.45, 7) is 8.16. The third kappa shape index (κ3) is 17.0. The zero-order chi connectivity index (χ0) is 28.2. The fraction of sp³-hybridized carbons (Fsp3) is 0.786. The van der Waals surface area contributed by atoms with Crippen molar-refractivity contribution in [3.63, 3.8) is 0 Å². The maximum atomic E-state index is 12.6. The van der Waals surface area contributed by atoms with Gasteiger partial charge >= 0.3 is 0 Å². The number of hydrogen-bond donors (Lipinski definition) is 5. The topological polar surface area (TPSA) is 145 Å². The standard InChI is InChI=1S/C28H51N3O6/c1-6-7-8-9-10-11-12-13-14-15-16-17-18-19-23(34)26(35)31-27(36)24(20(2)3)30-28(37)25(21(4)32)29-22(5)33/h11-12,20-21,24-26,32,35H,6-10,13-19H2,1-5H3,(H,29,33)(H,30,37)(H,31,36)/b12-11-/t21-,24+,25+,26+/m1/s1. The largest absolute Gasteiger partial charge is 0.391 e. The van der Waals surface area contributed by atoms with Crippen molar-refractivity contribution < 1.29 is 29.4 Å². The molecule has 3 amide bonds. The number of aliphatic hydroxyl groups excluding tert-OH is 2. The highest BCUT2D eigenvalue weighted by molar-refractivity contribution is 5.94. The van der Waals surface area contributed by atoms with Crippen LogP contribution in [0.3, 0.4) is 0 Å². The van der Waals surface area contributed by atoms with Crippen molar-refractivity contribution in [3.8, 4) is 0 Å². The molecule has 0 unspecified atom stereocenters. The van der Waals surface area contributed by atoms with Crippen molar-refractivity contribution >= 4 is 23.5 Å². The molecule has 5 N–H and O–H groups in total. The molecule has 0 aliphatic carbocycles. The molecule has 0 spiro atoms. The van der Waals surface area contributed by atoms with E-state index in [4.69, 9.17) is 0 Å². The number of carbonyl (C=O) groups excluding carboxylic acids is 4. The highest BCUT2D eigenvalue weighted by Gasteiger charge is 2.32. The van der Waals surface area contributed by atoms with Crippen LogP contribution in [0.2, 0.25) is 0 Å². The Morgan fingerprint density at radius 2 is 1.22 bits per heavy atom. The van der Waals surface area contributed by atoms with E-state index in [1.807, 2.05) is 0 Å². The molecule has 0 aromatic carbocycles. The molecule has 37 heavy (non-hydrogen) atoms. The first kappa shape index (κ1) is 34.7. The summed E-state index contributed by atoms with van der Waals surface area (Å²) in [6, 6.07) is -2.29. The van der Waals surface area contributed by atoms with E-state index >= 15 is 0 Å². The molecule has 0 saturated heterocycles. The molecule has 0 aliphatic heterocycles. The Labute approximate surface area is 223 Å². The van der Waals surface area contributed by atoms with Crippen LogP contribution < -0.4 is 16.0 Å². The normalized spacial score (nSPS) is 14.7. The van der Waals surface area contributed by atoms with Gasteiger partial charge in [0.1, 0.15) is 12.1 Å². The van der Waals surface area contributed by atoms with Gasteiger partial charge in [0.15, 0.2) is 12.0 Å². The Morgan fingerprint density at radius 3 is 1.73 bits per heavy atom. The van der Waals surface area contributed by atoms with Crippen LogP contribution in [0.15, 0.2) is 12.2 Å². The monoisotopic (exact) mass is 525 g/mol. The zero-order valence-corrected chi connectivity index (χ0v) is 23.6. The lowest BCUT2D eigenvalue weighted by atomic mass is 10.0. The quantitative estimate of drug-likeness (QED) is 0.0883. The molecular formula is C28H51N3O6. The second-order valence-electron chi connectivity index (χ2n) is 10.2. The van der Waals surface area contributed by atoms with Gasteiger partial charge in [-0.25, -0.2) is 0 Å². The van der Waals surface area contributed by atoms with Crippen LogP contribution in [-0.4, -0.2) is 58.1 Å². The predicted molar refractivity (Wildman–Crippen MR) is 145 cm³/mol. The fourth-order valence-corrected chi connectivity index (χ4v) is 3.86. The summed E-state index contributed by atoms with van der Waals surface area (Å²) in [7, 11) is 0. The lowest BCUT2D eigenvalue weighted by Crippen LogP contribution is -2.59. The van der Waals surface area contributed by atoms with Crippen molar-refractivity contribution in [2.45, 2.75) is 136 Å². The maximum Gasteiger partial charge on any atom is 0.245 e. The molecular weight excluding hydrogens is 474 g/mol. The van der Waals surface area contributed by atoms with Gasteiger partial charge in [-0.05, 0) is 44.9 Å². The smallest absolute Gasteiger partial charge is 0.245 e. The highest BCUT2D eigenvalue weighted by Crippen LogP contribution is 2.10. The molecule has 0 heterocycles. The lowest BCUT2D eigenvalue weighted by molar-refractivity contribution is -0.139. The van der Waals surface area contributed by atoms with Crippen molar-refractivity contribution in [3.05, 3.63) is 12.2 Å². The van der Waals surface area contributed by atoms with Gasteiger partial charge in [-0.1, -0.05) is 71.4 Å². The number of unbranched alkanes of at least 4 members (excludes halogenated alkanes) is 9. The van der Waals surface area contributed by atoms with E-state index < -0.39 is 47.9 Å². The van der Waals surface area contributed by atoms with E-state index in [0.29, 0.717) is 6.42 Å². The summed E-state index contributed by atoms with van der Waals surface area (Å²) in [4.78, 5) is 48.7. The number of allylic oxidation sites excluding steroid dienone is 2. The third-order valence-electron chi connectivity index (χ3n) is 6.14. The second kappa shape index (κ2) is 20.8. The van der Waals surface area contributed by atoms with E-state index in [1.54, 1.807) is 13.8 Å². The van der Waals surface area contributed by atoms with Gasteiger partial charge in [0, 0.05) is 13.3 Å². The first-order valence-electron chi connectivity index (χ1n) is 13.9. The lowest BCUT2D eigenvalue weighted by Gasteiger charge is -2.27. The second-order valence-corrected chi connectivity index (χ2v) is 10.2. The van der Waals surface area contributed by atoms with E-state index in [2.05, 4.69) is 35.0 Å². The van der Waals surface area contributed by atoms with Gasteiger partial charge in [0.2, 0.25) is 17.7 Å². The summed E-state index contributed by atoms with van der Waals surface area (Å²) in [5, 5.41) is 27.1. The molecule has 0 radical (unpaired) electrons. The highest BCUT2D eigenvalue weighted by atomic mass is 16.3. The Balaban J connectivity index is 4.33. The number of Topliss-reactive ketones (excluding diaryl/α,β-unsaturated/α-hetero) is 1. The van der Waals surface area contributed by atoms with Crippen molar-refractivity contribution in [2.75, 3.05) is 0 Å². The summed E-state index contributed by atoms with van der Waals surface area (Å²) in [5.74, 6) is -2.79. The van der Waals surface area contributed by atoms with Crippen molar-refractivity contribution in [2.24, 2.45) is 5.92 Å². The van der Waals surface area contributed by atoms with Crippen LogP contribution in [0.1, 0.15) is 112 Å². The van der Waals surface area contributed by atoms with Crippen LogP contribution in [-0.2, 0) is 19.2 Å². The Bertz CT molecular complexity index is 708. The van der Waals surface area contributed by atoms with E-state index in [-0.39, 0.29) is 12.3 Å². The average Bonchev–Trinajstić information content (AvgIpc) is 2.82. The summed E-state index contributed by atoms with van der Waals surface area (Å²) < 4.78 is 0. The number of rotatable bonds is 21. The number of carbonyl (C=O) groups is 4. The van der Waals surface area contributed by atoms with Gasteiger partial charge < -0.3 is 26.2 Å². The average molecular weight is 526 g/mol. The van der Waals surface area contributed by atoms with Gasteiger partial charge in [-0.2, -0.15) is 0 Å². The molecule has 9 nitrogen and oxygen atoms in total. The molecule has 0 aromatic heterocycles. The van der Waals surface area contributed by atoms with Gasteiger partial charge in [-0.3, -0.25) is 19.2 Å². The predicted octanol–water partition coefficient (Wildman–Crippen LogP) is 3.27. The Kier molecular flexibility index (Phi) is 19.5. The van der Waals surface area contributed by atoms with Crippen molar-refractivity contribution in [1.29, 1.82) is 0 Å². The van der Waals surface area contributed by atoms with Crippen LogP contribution in [0.5, 0.6) is 0 Å². The van der Waals surface area contributed by atoms with Crippen LogP contribution in [0.4, 0.5) is 0 Å². The molecule has 4 atom stereocenters. The molecule has 0 rings (SSSR count). The summed E-state index contributed by atoms with van der Waals surface area (Å²) >= 11 is 0. The van der Waals surface area contributed by atoms with Gasteiger partial charge in [-0.15, -0.1) is 0 Å². The molecule has 0 aromatic rings. The first-order valence-corrected chi connectivity index (χ1v) is 13.9. The fourth-order valence-electron chi connectivity index (χ4n) is 3.86. The van der Waals surface area contributed by atoms with Gasteiger partial charge in [0.25, 0.3) is 0 Å². The summed E-state index contributed by atoms with van der Waals surface area (Å²) in [6.07, 6.45) is 14.0. The SMILES string of the molecule is CCCCCC/C=C\CCCCCCCC(=O)[C@H](O)NC(=O)[C@@H](NC(=O)[C@@H](NC(C)=O)[C@@H](C)O)C(C)C. The van der Waals surface area contributed by atoms with Crippen LogP contribution in [0, 0.1) is 5.92 Å². The van der Waals surface area contributed by atoms with E-state index in [9.17, 15) is 29.4 Å². The summed E-state index contributed by atoms with van der Waals surface area (Å²) in [5.41, 5.74) is 0. The van der Waals surface area contributed by atoms with Crippen LogP contribution >= 0.6 is 0 Å². The minimum Gasteiger partial charge on any atom is -0.391 e. The number of amides is 3. The van der Waals surface area contributed by atoms with E-state index in [0.717, 1.165) is 38.5 Å². The minimum atomic E-state index is -1.66. The molecule has 9 heteroatoms. The Morgan fingerprint density at radius 1 is 0.703 bits per heavy atom. The number of hydrogen-bond acceptors (Lipinski definition) is 6. The molecule has 0 aliphatic rings. The molecule has 0 saturated carbocycles. The Hall–Kier alpha value is -2.26. The van der Waals surface area contributed by atoms with Crippen molar-refractivity contribution in [1.82, 2.24) is 16.0 Å². The zero-order valence-electron chi connectivity index (χ0n) is 23.6. The molecule has 214 valence electrons. The van der Waals surface area contributed by atoms with E-state index in [1.165, 1.54) is 39.5 Å². The maximum absolute atomic E-state index is 12.6. The minimum absolute atomic E-state index is 0.157.